The lowest BCUT2D eigenvalue weighted by atomic mass is 10.0. The molecule has 7 nitrogen and oxygen atoms in total. The van der Waals surface area contributed by atoms with E-state index in [0.717, 1.165) is 0 Å². The Bertz CT molecular complexity index is 712. The molecule has 1 aromatic carbocycles. The molecule has 2 aromatic rings. The number of oxazole rings is 1. The van der Waals surface area contributed by atoms with Crippen molar-refractivity contribution in [2.75, 3.05) is 7.05 Å². The number of likely N-dealkylation sites (N-methyl/N-ethyl adjacent to an activating group) is 1. The summed E-state index contributed by atoms with van der Waals surface area (Å²) in [6, 6.07) is 3.02. The van der Waals surface area contributed by atoms with Gasteiger partial charge in [0, 0.05) is 12.6 Å². The van der Waals surface area contributed by atoms with Gasteiger partial charge in [-0.25, -0.2) is 4.79 Å². The predicted molar refractivity (Wildman–Crippen MR) is 66.3 cm³/mol. The molecule has 7 heteroatoms. The van der Waals surface area contributed by atoms with E-state index in [-0.39, 0.29) is 5.56 Å². The van der Waals surface area contributed by atoms with Crippen molar-refractivity contribution in [1.29, 1.82) is 0 Å². The fraction of sp³-hybridized carbons (Fsp3) is 0.250. The van der Waals surface area contributed by atoms with Crippen LogP contribution in [0.1, 0.15) is 10.4 Å². The number of Topliss-reactive ketones (excluding diaryl/α,β-unsaturated/α-hetero) is 1. The molecule has 0 saturated heterocycles. The monoisotopic (exact) mass is 264 g/mol. The van der Waals surface area contributed by atoms with Crippen LogP contribution in [0, 0.1) is 0 Å². The molecule has 100 valence electrons. The molecule has 0 aliphatic rings. The molecule has 19 heavy (non-hydrogen) atoms. The number of benzene rings is 1. The highest BCUT2D eigenvalue weighted by atomic mass is 16.4. The summed E-state index contributed by atoms with van der Waals surface area (Å²) in [7, 11) is 2.90. The minimum Gasteiger partial charge on any atom is -0.480 e. The molecule has 1 atom stereocenters. The number of aliphatic carboxylic acids is 1. The SMILES string of the molecule is CNC(C(=O)O)C(=O)c1ccc2oc(=O)n(C)c2c1. The number of carbonyl (C=O) groups excluding carboxylic acids is 1. The zero-order chi connectivity index (χ0) is 14.2. The Morgan fingerprint density at radius 3 is 2.68 bits per heavy atom. The minimum atomic E-state index is -1.32. The summed E-state index contributed by atoms with van der Waals surface area (Å²) in [5, 5.41) is 11.3. The average molecular weight is 264 g/mol. The molecule has 0 fully saturated rings. The molecule has 1 heterocycles. The van der Waals surface area contributed by atoms with E-state index in [0.29, 0.717) is 11.1 Å². The smallest absolute Gasteiger partial charge is 0.419 e. The van der Waals surface area contributed by atoms with Crippen LogP contribution in [0.4, 0.5) is 0 Å². The third kappa shape index (κ3) is 2.15. The van der Waals surface area contributed by atoms with Gasteiger partial charge in [-0.2, -0.15) is 0 Å². The minimum absolute atomic E-state index is 0.200. The van der Waals surface area contributed by atoms with Crippen LogP contribution in [0.15, 0.2) is 27.4 Å². The molecule has 0 amide bonds. The van der Waals surface area contributed by atoms with Crippen LogP contribution in [-0.2, 0) is 11.8 Å². The lowest BCUT2D eigenvalue weighted by molar-refractivity contribution is -0.137. The Balaban J connectivity index is 2.51. The van der Waals surface area contributed by atoms with E-state index in [1.165, 1.54) is 36.9 Å². The van der Waals surface area contributed by atoms with Crippen LogP contribution >= 0.6 is 0 Å². The molecule has 0 bridgehead atoms. The number of aryl methyl sites for hydroxylation is 1. The number of carboxylic acids is 1. The van der Waals surface area contributed by atoms with Gasteiger partial charge >= 0.3 is 11.7 Å². The highest BCUT2D eigenvalue weighted by Crippen LogP contribution is 2.15. The zero-order valence-corrected chi connectivity index (χ0v) is 10.3. The van der Waals surface area contributed by atoms with Gasteiger partial charge in [0.2, 0.25) is 0 Å². The summed E-state index contributed by atoms with van der Waals surface area (Å²) in [6.07, 6.45) is 0. The largest absolute Gasteiger partial charge is 0.480 e. The summed E-state index contributed by atoms with van der Waals surface area (Å²) in [5.41, 5.74) is 0.988. The summed E-state index contributed by atoms with van der Waals surface area (Å²) < 4.78 is 6.18. The number of aromatic nitrogens is 1. The van der Waals surface area contributed by atoms with Gasteiger partial charge in [-0.05, 0) is 25.2 Å². The number of nitrogens with zero attached hydrogens (tertiary/aromatic N) is 1. The van der Waals surface area contributed by atoms with Gasteiger partial charge in [0.25, 0.3) is 0 Å². The molecular formula is C12H12N2O5. The number of carboxylic acid groups (broad SMARTS) is 1. The van der Waals surface area contributed by atoms with Crippen molar-refractivity contribution in [2.24, 2.45) is 7.05 Å². The van der Waals surface area contributed by atoms with Gasteiger partial charge in [-0.3, -0.25) is 14.2 Å². The number of ketones is 1. The van der Waals surface area contributed by atoms with Crippen molar-refractivity contribution in [3.05, 3.63) is 34.3 Å². The van der Waals surface area contributed by atoms with E-state index < -0.39 is 23.6 Å². The molecule has 1 aromatic heterocycles. The van der Waals surface area contributed by atoms with Crippen molar-refractivity contribution < 1.29 is 19.1 Å². The summed E-state index contributed by atoms with van der Waals surface area (Å²) in [6.45, 7) is 0. The van der Waals surface area contributed by atoms with Crippen molar-refractivity contribution in [2.45, 2.75) is 6.04 Å². The molecule has 0 saturated carbocycles. The Hall–Kier alpha value is -2.41. The van der Waals surface area contributed by atoms with Crippen LogP contribution in [0.5, 0.6) is 0 Å². The van der Waals surface area contributed by atoms with E-state index in [4.69, 9.17) is 9.52 Å². The number of carbonyl (C=O) groups is 2. The lowest BCUT2D eigenvalue weighted by Gasteiger charge is -2.09. The molecular weight excluding hydrogens is 252 g/mol. The number of rotatable bonds is 4. The fourth-order valence-corrected chi connectivity index (χ4v) is 1.81. The zero-order valence-electron chi connectivity index (χ0n) is 10.3. The first-order chi connectivity index (χ1) is 8.95. The summed E-state index contributed by atoms with van der Waals surface area (Å²) in [5.74, 6) is -2.37. The Labute approximate surface area is 107 Å². The molecule has 2 rings (SSSR count). The average Bonchev–Trinajstić information content (AvgIpc) is 2.65. The molecule has 1 unspecified atom stereocenters. The molecule has 0 aliphatic carbocycles. The Morgan fingerprint density at radius 1 is 1.42 bits per heavy atom. The fourth-order valence-electron chi connectivity index (χ4n) is 1.81. The first kappa shape index (κ1) is 13.0. The topological polar surface area (TPSA) is 102 Å². The third-order valence-corrected chi connectivity index (χ3v) is 2.87. The maximum Gasteiger partial charge on any atom is 0.419 e. The van der Waals surface area contributed by atoms with Crippen LogP contribution < -0.4 is 11.1 Å². The van der Waals surface area contributed by atoms with E-state index in [9.17, 15) is 14.4 Å². The third-order valence-electron chi connectivity index (χ3n) is 2.87. The van der Waals surface area contributed by atoms with Crippen LogP contribution in [0.2, 0.25) is 0 Å². The summed E-state index contributed by atoms with van der Waals surface area (Å²) >= 11 is 0. The quantitative estimate of drug-likeness (QED) is 0.594. The van der Waals surface area contributed by atoms with Crippen molar-refractivity contribution in [3.8, 4) is 0 Å². The van der Waals surface area contributed by atoms with Crippen molar-refractivity contribution >= 4 is 22.9 Å². The maximum atomic E-state index is 12.0. The van der Waals surface area contributed by atoms with Gasteiger partial charge in [0.1, 0.15) is 0 Å². The number of nitrogens with one attached hydrogen (secondary N) is 1. The van der Waals surface area contributed by atoms with E-state index in [1.807, 2.05) is 0 Å². The molecule has 0 aliphatic heterocycles. The van der Waals surface area contributed by atoms with E-state index in [2.05, 4.69) is 5.32 Å². The number of fused-ring (bicyclic) bond motifs is 1. The second kappa shape index (κ2) is 4.69. The first-order valence-electron chi connectivity index (χ1n) is 5.49. The van der Waals surface area contributed by atoms with Crippen LogP contribution in [0.25, 0.3) is 11.1 Å². The Kier molecular flexibility index (Phi) is 3.22. The van der Waals surface area contributed by atoms with Crippen LogP contribution in [-0.4, -0.2) is 34.5 Å². The molecule has 0 spiro atoms. The normalized spacial score (nSPS) is 12.5. The standard InChI is InChI=1S/C12H12N2O5/c1-13-9(11(16)17)10(15)6-3-4-8-7(5-6)14(2)12(18)19-8/h3-5,9,13H,1-2H3,(H,16,17). The van der Waals surface area contributed by atoms with Crippen molar-refractivity contribution in [3.63, 3.8) is 0 Å². The van der Waals surface area contributed by atoms with Crippen molar-refractivity contribution in [1.82, 2.24) is 9.88 Å². The van der Waals surface area contributed by atoms with E-state index >= 15 is 0 Å². The van der Waals surface area contributed by atoms with Gasteiger partial charge < -0.3 is 14.8 Å². The lowest BCUT2D eigenvalue weighted by Crippen LogP contribution is -2.41. The molecule has 2 N–H and O–H groups in total. The van der Waals surface area contributed by atoms with Crippen LogP contribution in [0.3, 0.4) is 0 Å². The number of hydrogen-bond donors (Lipinski definition) is 2. The predicted octanol–water partition coefficient (Wildman–Crippen LogP) is -0.0132. The van der Waals surface area contributed by atoms with Gasteiger partial charge in [-0.1, -0.05) is 0 Å². The second-order valence-corrected chi connectivity index (χ2v) is 4.03. The maximum absolute atomic E-state index is 12.0. The highest BCUT2D eigenvalue weighted by Gasteiger charge is 2.25. The highest BCUT2D eigenvalue weighted by molar-refractivity contribution is 6.12. The van der Waals surface area contributed by atoms with Gasteiger partial charge in [0.05, 0.1) is 5.52 Å². The van der Waals surface area contributed by atoms with Gasteiger partial charge in [0.15, 0.2) is 17.4 Å². The second-order valence-electron chi connectivity index (χ2n) is 4.03. The number of hydrogen-bond acceptors (Lipinski definition) is 5. The summed E-state index contributed by atoms with van der Waals surface area (Å²) in [4.78, 5) is 34.3. The first-order valence-corrected chi connectivity index (χ1v) is 5.49. The molecule has 0 radical (unpaired) electrons. The van der Waals surface area contributed by atoms with Gasteiger partial charge in [-0.15, -0.1) is 0 Å². The van der Waals surface area contributed by atoms with E-state index in [1.54, 1.807) is 0 Å². The Morgan fingerprint density at radius 2 is 2.11 bits per heavy atom.